The smallest absolute Gasteiger partial charge is 0.00990 e. The van der Waals surface area contributed by atoms with Crippen LogP contribution in [0.25, 0.3) is 44.5 Å². The number of hydrogen-bond acceptors (Lipinski definition) is 0. The van der Waals surface area contributed by atoms with Gasteiger partial charge in [0.15, 0.2) is 0 Å². The maximum Gasteiger partial charge on any atom is -0.00990 e. The normalized spacial score (nSPS) is 11.2. The van der Waals surface area contributed by atoms with Crippen molar-refractivity contribution in [2.24, 2.45) is 0 Å². The van der Waals surface area contributed by atoms with Gasteiger partial charge in [-0.15, -0.1) is 0 Å². The quantitative estimate of drug-likeness (QED) is 0.0870. The van der Waals surface area contributed by atoms with Crippen molar-refractivity contribution in [2.75, 3.05) is 0 Å². The molecule has 238 valence electrons. The largest absolute Gasteiger partial charge is 0.0654 e. The van der Waals surface area contributed by atoms with Crippen molar-refractivity contribution >= 4 is 0 Å². The van der Waals surface area contributed by atoms with Crippen LogP contribution in [0.15, 0.2) is 121 Å². The zero-order chi connectivity index (χ0) is 31.8. The number of hydrogen-bond donors (Lipinski definition) is 0. The summed E-state index contributed by atoms with van der Waals surface area (Å²) in [4.78, 5) is 0. The average Bonchev–Trinajstić information content (AvgIpc) is 3.12. The molecule has 0 heterocycles. The topological polar surface area (TPSA) is 0 Å². The third-order valence-corrected chi connectivity index (χ3v) is 9.53. The predicted molar refractivity (Wildman–Crippen MR) is 202 cm³/mol. The standard InChI is InChI=1S/C46H54/c1-3-5-7-9-11-13-21-37-29-33-39(34-30-37)41-23-15-17-25-43(41)45-27-19-20-28-46(45)44-26-18-16-24-42(44)40-35-31-38(32-36-40)22-14-12-10-8-6-4-2/h15-20,23-36H,3-14,21-22H2,1-2H3. The van der Waals surface area contributed by atoms with Crippen molar-refractivity contribution in [3.8, 4) is 44.5 Å². The molecule has 0 N–H and O–H groups in total. The van der Waals surface area contributed by atoms with Gasteiger partial charge in [0.2, 0.25) is 0 Å². The Labute approximate surface area is 279 Å². The second-order valence-corrected chi connectivity index (χ2v) is 13.1. The van der Waals surface area contributed by atoms with Crippen LogP contribution >= 0.6 is 0 Å². The zero-order valence-corrected chi connectivity index (χ0v) is 28.4. The first kappa shape index (κ1) is 33.5. The first-order valence-electron chi connectivity index (χ1n) is 18.2. The van der Waals surface area contributed by atoms with Gasteiger partial charge in [0.1, 0.15) is 0 Å². The van der Waals surface area contributed by atoms with Crippen LogP contribution in [0.2, 0.25) is 0 Å². The predicted octanol–water partition coefficient (Wildman–Crippen LogP) is 14.2. The van der Waals surface area contributed by atoms with Gasteiger partial charge < -0.3 is 0 Å². The lowest BCUT2D eigenvalue weighted by molar-refractivity contribution is 0.607. The molecule has 0 radical (unpaired) electrons. The van der Waals surface area contributed by atoms with E-state index in [0.717, 1.165) is 0 Å². The van der Waals surface area contributed by atoms with Gasteiger partial charge in [0, 0.05) is 0 Å². The summed E-state index contributed by atoms with van der Waals surface area (Å²) < 4.78 is 0. The summed E-state index contributed by atoms with van der Waals surface area (Å²) in [6, 6.07) is 45.5. The molecule has 0 aromatic heterocycles. The van der Waals surface area contributed by atoms with Crippen LogP contribution in [0, 0.1) is 0 Å². The minimum Gasteiger partial charge on any atom is -0.0654 e. The van der Waals surface area contributed by atoms with Crippen molar-refractivity contribution in [1.82, 2.24) is 0 Å². The molecule has 0 atom stereocenters. The Balaban J connectivity index is 1.35. The van der Waals surface area contributed by atoms with Gasteiger partial charge in [-0.3, -0.25) is 0 Å². The van der Waals surface area contributed by atoms with Crippen molar-refractivity contribution in [1.29, 1.82) is 0 Å². The highest BCUT2D eigenvalue weighted by Gasteiger charge is 2.15. The van der Waals surface area contributed by atoms with E-state index in [9.17, 15) is 0 Å². The van der Waals surface area contributed by atoms with Crippen LogP contribution in [0.4, 0.5) is 0 Å². The number of unbranched alkanes of at least 4 members (excludes halogenated alkanes) is 10. The third kappa shape index (κ3) is 9.32. The Morgan fingerprint density at radius 2 is 0.565 bits per heavy atom. The lowest BCUT2D eigenvalue weighted by Gasteiger charge is -2.17. The van der Waals surface area contributed by atoms with Crippen molar-refractivity contribution < 1.29 is 0 Å². The third-order valence-electron chi connectivity index (χ3n) is 9.53. The van der Waals surface area contributed by atoms with E-state index >= 15 is 0 Å². The molecule has 0 saturated carbocycles. The van der Waals surface area contributed by atoms with E-state index in [1.807, 2.05) is 0 Å². The Bertz CT molecular complexity index is 1470. The highest BCUT2D eigenvalue weighted by atomic mass is 14.2. The van der Waals surface area contributed by atoms with Gasteiger partial charge in [0.25, 0.3) is 0 Å². The molecular formula is C46H54. The summed E-state index contributed by atoms with van der Waals surface area (Å²) in [6.07, 6.45) is 18.5. The van der Waals surface area contributed by atoms with E-state index in [4.69, 9.17) is 0 Å². The zero-order valence-electron chi connectivity index (χ0n) is 28.4. The number of rotatable bonds is 18. The molecule has 0 spiro atoms. The van der Waals surface area contributed by atoms with Crippen LogP contribution in [-0.2, 0) is 12.8 Å². The molecule has 0 amide bonds. The van der Waals surface area contributed by atoms with Gasteiger partial charge in [-0.25, -0.2) is 0 Å². The van der Waals surface area contributed by atoms with Crippen LogP contribution in [-0.4, -0.2) is 0 Å². The Kier molecular flexibility index (Phi) is 13.3. The maximum absolute atomic E-state index is 2.34. The van der Waals surface area contributed by atoms with E-state index in [1.54, 1.807) is 0 Å². The van der Waals surface area contributed by atoms with Gasteiger partial charge in [0.05, 0.1) is 0 Å². The highest BCUT2D eigenvalue weighted by Crippen LogP contribution is 2.41. The lowest BCUT2D eigenvalue weighted by Crippen LogP contribution is -1.92. The molecule has 5 aromatic carbocycles. The van der Waals surface area contributed by atoms with Crippen LogP contribution in [0.1, 0.15) is 102 Å². The minimum absolute atomic E-state index is 1.17. The second-order valence-electron chi connectivity index (χ2n) is 13.1. The summed E-state index contributed by atoms with van der Waals surface area (Å²) in [5.74, 6) is 0. The van der Waals surface area contributed by atoms with Crippen LogP contribution in [0.3, 0.4) is 0 Å². The number of benzene rings is 5. The van der Waals surface area contributed by atoms with Crippen LogP contribution in [0.5, 0.6) is 0 Å². The summed E-state index contributed by atoms with van der Waals surface area (Å²) in [5, 5.41) is 0. The van der Waals surface area contributed by atoms with E-state index in [1.165, 1.54) is 146 Å². The molecule has 0 saturated heterocycles. The fraction of sp³-hybridized carbons (Fsp3) is 0.348. The molecule has 0 aliphatic carbocycles. The maximum atomic E-state index is 2.34. The summed E-state index contributed by atoms with van der Waals surface area (Å²) in [5.41, 5.74) is 13.2. The molecule has 0 heteroatoms. The highest BCUT2D eigenvalue weighted by molar-refractivity contribution is 5.95. The Hall–Kier alpha value is -3.90. The first-order chi connectivity index (χ1) is 22.8. The molecule has 0 aliphatic heterocycles. The second kappa shape index (κ2) is 18.3. The SMILES string of the molecule is CCCCCCCCc1ccc(-c2ccccc2-c2ccccc2-c2ccccc2-c2ccc(CCCCCCCC)cc2)cc1. The van der Waals surface area contributed by atoms with Crippen molar-refractivity contribution in [3.05, 3.63) is 132 Å². The van der Waals surface area contributed by atoms with E-state index < -0.39 is 0 Å². The van der Waals surface area contributed by atoms with E-state index in [-0.39, 0.29) is 0 Å². The summed E-state index contributed by atoms with van der Waals surface area (Å²) in [6.45, 7) is 4.57. The minimum atomic E-state index is 1.17. The summed E-state index contributed by atoms with van der Waals surface area (Å²) >= 11 is 0. The molecule has 5 rings (SSSR count). The van der Waals surface area contributed by atoms with Gasteiger partial charge >= 0.3 is 0 Å². The lowest BCUT2D eigenvalue weighted by atomic mass is 9.86. The van der Waals surface area contributed by atoms with E-state index in [0.29, 0.717) is 0 Å². The molecule has 0 bridgehead atoms. The molecule has 0 fully saturated rings. The first-order valence-corrected chi connectivity index (χ1v) is 18.2. The molecular weight excluding hydrogens is 553 g/mol. The van der Waals surface area contributed by atoms with Crippen LogP contribution < -0.4 is 0 Å². The number of aryl methyl sites for hydroxylation is 2. The Morgan fingerprint density at radius 1 is 0.283 bits per heavy atom. The monoisotopic (exact) mass is 606 g/mol. The molecule has 5 aromatic rings. The molecule has 0 aliphatic rings. The van der Waals surface area contributed by atoms with Crippen molar-refractivity contribution in [3.63, 3.8) is 0 Å². The van der Waals surface area contributed by atoms with Gasteiger partial charge in [-0.05, 0) is 81.3 Å². The van der Waals surface area contributed by atoms with Crippen molar-refractivity contribution in [2.45, 2.75) is 104 Å². The fourth-order valence-electron chi connectivity index (χ4n) is 6.81. The summed E-state index contributed by atoms with van der Waals surface area (Å²) in [7, 11) is 0. The molecule has 0 nitrogen and oxygen atoms in total. The van der Waals surface area contributed by atoms with Gasteiger partial charge in [-0.1, -0.05) is 199 Å². The van der Waals surface area contributed by atoms with E-state index in [2.05, 4.69) is 135 Å². The average molecular weight is 607 g/mol. The Morgan fingerprint density at radius 3 is 0.913 bits per heavy atom. The fourth-order valence-corrected chi connectivity index (χ4v) is 6.81. The molecule has 46 heavy (non-hydrogen) atoms. The molecule has 0 unspecified atom stereocenters. The van der Waals surface area contributed by atoms with Gasteiger partial charge in [-0.2, -0.15) is 0 Å².